The van der Waals surface area contributed by atoms with E-state index in [-0.39, 0.29) is 16.6 Å². The minimum atomic E-state index is -3.28. The molecule has 8 heteroatoms. The third-order valence-corrected chi connectivity index (χ3v) is 5.41. The Morgan fingerprint density at radius 2 is 1.89 bits per heavy atom. The summed E-state index contributed by atoms with van der Waals surface area (Å²) >= 11 is 0. The number of aromatic amines is 1. The highest BCUT2D eigenvalue weighted by atomic mass is 32.2. The van der Waals surface area contributed by atoms with Gasteiger partial charge in [0.25, 0.3) is 5.91 Å². The molecule has 0 aliphatic rings. The van der Waals surface area contributed by atoms with Crippen LogP contribution >= 0.6 is 0 Å². The highest BCUT2D eigenvalue weighted by Crippen LogP contribution is 2.19. The molecule has 27 heavy (non-hydrogen) atoms. The number of aromatic nitrogens is 1. The van der Waals surface area contributed by atoms with Crippen molar-refractivity contribution in [1.29, 1.82) is 5.41 Å². The van der Waals surface area contributed by atoms with Gasteiger partial charge in [-0.1, -0.05) is 6.07 Å². The maximum Gasteiger partial charge on any atom is 0.251 e. The van der Waals surface area contributed by atoms with Gasteiger partial charge in [0.1, 0.15) is 5.84 Å². The van der Waals surface area contributed by atoms with Crippen molar-refractivity contribution in [3.63, 3.8) is 0 Å². The standard InChI is InChI=1S/C19H20N4O3S/c1-27(25,26)14-5-3-13(4-6-14)19(24)22-9-8-12-2-7-17-15(10-12)16(11-23-17)18(20)21/h2-7,10-11,23H,8-9H2,1H3,(H3,20,21)(H,22,24). The van der Waals surface area contributed by atoms with E-state index >= 15 is 0 Å². The minimum absolute atomic E-state index is 0.00393. The van der Waals surface area contributed by atoms with Gasteiger partial charge in [-0.25, -0.2) is 8.42 Å². The van der Waals surface area contributed by atoms with Crippen molar-refractivity contribution in [2.75, 3.05) is 12.8 Å². The average Bonchev–Trinajstić information content (AvgIpc) is 3.04. The number of rotatable bonds is 6. The number of nitrogens with one attached hydrogen (secondary N) is 3. The number of benzene rings is 2. The van der Waals surface area contributed by atoms with Gasteiger partial charge in [-0.3, -0.25) is 10.2 Å². The topological polar surface area (TPSA) is 129 Å². The second-order valence-corrected chi connectivity index (χ2v) is 8.31. The fourth-order valence-corrected chi connectivity index (χ4v) is 3.45. The van der Waals surface area contributed by atoms with Gasteiger partial charge < -0.3 is 16.0 Å². The molecule has 0 saturated carbocycles. The lowest BCUT2D eigenvalue weighted by Gasteiger charge is -2.07. The lowest BCUT2D eigenvalue weighted by Crippen LogP contribution is -2.25. The number of hydrogen-bond donors (Lipinski definition) is 4. The molecule has 0 aliphatic heterocycles. The molecule has 5 N–H and O–H groups in total. The lowest BCUT2D eigenvalue weighted by atomic mass is 10.1. The summed E-state index contributed by atoms with van der Waals surface area (Å²) in [6.07, 6.45) is 3.45. The van der Waals surface area contributed by atoms with Crippen LogP contribution in [0, 0.1) is 5.41 Å². The molecule has 0 bridgehead atoms. The number of nitrogen functional groups attached to an aromatic ring is 1. The van der Waals surface area contributed by atoms with E-state index < -0.39 is 9.84 Å². The van der Waals surface area contributed by atoms with Crippen LogP contribution in [0.4, 0.5) is 0 Å². The number of carbonyl (C=O) groups excluding carboxylic acids is 1. The molecule has 0 fully saturated rings. The fourth-order valence-electron chi connectivity index (χ4n) is 2.82. The Hall–Kier alpha value is -3.13. The molecule has 140 valence electrons. The smallest absolute Gasteiger partial charge is 0.251 e. The normalized spacial score (nSPS) is 11.4. The van der Waals surface area contributed by atoms with Crippen LogP contribution in [-0.2, 0) is 16.3 Å². The van der Waals surface area contributed by atoms with Crippen molar-refractivity contribution in [3.05, 3.63) is 65.4 Å². The number of carbonyl (C=O) groups is 1. The molecule has 7 nitrogen and oxygen atoms in total. The number of amidine groups is 1. The zero-order chi connectivity index (χ0) is 19.6. The maximum absolute atomic E-state index is 12.2. The number of H-pyrrole nitrogens is 1. The molecule has 0 spiro atoms. The summed E-state index contributed by atoms with van der Waals surface area (Å²) in [4.78, 5) is 15.5. The van der Waals surface area contributed by atoms with Crippen molar-refractivity contribution in [1.82, 2.24) is 10.3 Å². The Labute approximate surface area is 157 Å². The van der Waals surface area contributed by atoms with E-state index in [1.165, 1.54) is 24.3 Å². The first kappa shape index (κ1) is 18.7. The summed E-state index contributed by atoms with van der Waals surface area (Å²) in [6, 6.07) is 11.7. The van der Waals surface area contributed by atoms with Gasteiger partial charge in [0.2, 0.25) is 0 Å². The van der Waals surface area contributed by atoms with Crippen molar-refractivity contribution in [2.24, 2.45) is 5.73 Å². The van der Waals surface area contributed by atoms with E-state index in [4.69, 9.17) is 11.1 Å². The maximum atomic E-state index is 12.2. The average molecular weight is 384 g/mol. The number of hydrogen-bond acceptors (Lipinski definition) is 4. The van der Waals surface area contributed by atoms with Crippen molar-refractivity contribution in [2.45, 2.75) is 11.3 Å². The Morgan fingerprint density at radius 1 is 1.19 bits per heavy atom. The highest BCUT2D eigenvalue weighted by molar-refractivity contribution is 7.90. The van der Waals surface area contributed by atoms with Crippen LogP contribution in [0.15, 0.2) is 53.6 Å². The summed E-state index contributed by atoms with van der Waals surface area (Å²) in [7, 11) is -3.28. The van der Waals surface area contributed by atoms with Crippen LogP contribution in [0.5, 0.6) is 0 Å². The van der Waals surface area contributed by atoms with E-state index in [0.717, 1.165) is 22.7 Å². The number of amides is 1. The number of fused-ring (bicyclic) bond motifs is 1. The molecular formula is C19H20N4O3S. The lowest BCUT2D eigenvalue weighted by molar-refractivity contribution is 0.0954. The monoisotopic (exact) mass is 384 g/mol. The molecule has 0 atom stereocenters. The molecule has 1 heterocycles. The summed E-state index contributed by atoms with van der Waals surface area (Å²) in [5.41, 5.74) is 8.56. The minimum Gasteiger partial charge on any atom is -0.384 e. The van der Waals surface area contributed by atoms with Gasteiger partial charge in [-0.05, 0) is 48.4 Å². The molecule has 3 aromatic rings. The zero-order valence-electron chi connectivity index (χ0n) is 14.7. The SMILES string of the molecule is CS(=O)(=O)c1ccc(C(=O)NCCc2ccc3[nH]cc(C(=N)N)c3c2)cc1. The Kier molecular flexibility index (Phi) is 5.00. The molecular weight excluding hydrogens is 364 g/mol. The van der Waals surface area contributed by atoms with Crippen LogP contribution in [0.2, 0.25) is 0 Å². The Bertz CT molecular complexity index is 1120. The molecule has 0 unspecified atom stereocenters. The molecule has 0 aliphatic carbocycles. The van der Waals surface area contributed by atoms with Crippen molar-refractivity contribution >= 4 is 32.5 Å². The van der Waals surface area contributed by atoms with E-state index in [0.29, 0.717) is 24.1 Å². The van der Waals surface area contributed by atoms with Crippen LogP contribution < -0.4 is 11.1 Å². The third-order valence-electron chi connectivity index (χ3n) is 4.28. The first-order chi connectivity index (χ1) is 12.8. The second kappa shape index (κ2) is 7.24. The molecule has 0 saturated heterocycles. The van der Waals surface area contributed by atoms with Crippen LogP contribution in [0.1, 0.15) is 21.5 Å². The van der Waals surface area contributed by atoms with E-state index in [2.05, 4.69) is 10.3 Å². The summed E-state index contributed by atoms with van der Waals surface area (Å²) in [5.74, 6) is -0.258. The molecule has 2 aromatic carbocycles. The molecule has 0 radical (unpaired) electrons. The fraction of sp³-hybridized carbons (Fsp3) is 0.158. The largest absolute Gasteiger partial charge is 0.384 e. The van der Waals surface area contributed by atoms with Gasteiger partial charge in [0.05, 0.1) is 4.90 Å². The number of sulfone groups is 1. The third kappa shape index (κ3) is 4.17. The van der Waals surface area contributed by atoms with E-state index in [1.807, 2.05) is 18.2 Å². The predicted octanol–water partition coefficient (Wildman–Crippen LogP) is 1.83. The van der Waals surface area contributed by atoms with Gasteiger partial charge >= 0.3 is 0 Å². The first-order valence-corrected chi connectivity index (χ1v) is 10.2. The number of nitrogens with two attached hydrogens (primary N) is 1. The predicted molar refractivity (Wildman–Crippen MR) is 105 cm³/mol. The quantitative estimate of drug-likeness (QED) is 0.382. The Morgan fingerprint density at radius 3 is 2.52 bits per heavy atom. The zero-order valence-corrected chi connectivity index (χ0v) is 15.6. The summed E-state index contributed by atoms with van der Waals surface area (Å²) < 4.78 is 22.9. The first-order valence-electron chi connectivity index (χ1n) is 8.28. The van der Waals surface area contributed by atoms with Gasteiger partial charge in [0, 0.05) is 41.0 Å². The molecule has 1 aromatic heterocycles. The summed E-state index contributed by atoms with van der Waals surface area (Å²) in [5, 5.41) is 11.3. The Balaban J connectivity index is 1.64. The van der Waals surface area contributed by atoms with Crippen molar-refractivity contribution in [3.8, 4) is 0 Å². The van der Waals surface area contributed by atoms with Crippen LogP contribution in [0.3, 0.4) is 0 Å². The van der Waals surface area contributed by atoms with Crippen LogP contribution in [0.25, 0.3) is 10.9 Å². The van der Waals surface area contributed by atoms with Gasteiger partial charge in [0.15, 0.2) is 9.84 Å². The summed E-state index contributed by atoms with van der Waals surface area (Å²) in [6.45, 7) is 0.429. The van der Waals surface area contributed by atoms with Gasteiger partial charge in [-0.15, -0.1) is 0 Å². The molecule has 1 amide bonds. The van der Waals surface area contributed by atoms with Crippen molar-refractivity contribution < 1.29 is 13.2 Å². The van der Waals surface area contributed by atoms with Gasteiger partial charge in [-0.2, -0.15) is 0 Å². The highest BCUT2D eigenvalue weighted by Gasteiger charge is 2.10. The van der Waals surface area contributed by atoms with E-state index in [9.17, 15) is 13.2 Å². The van der Waals surface area contributed by atoms with E-state index in [1.54, 1.807) is 6.20 Å². The second-order valence-electron chi connectivity index (χ2n) is 6.30. The molecule has 3 rings (SSSR count). The van der Waals surface area contributed by atoms with Crippen LogP contribution in [-0.4, -0.2) is 37.9 Å².